The summed E-state index contributed by atoms with van der Waals surface area (Å²) in [5.41, 5.74) is 1.52. The molecule has 2 aromatic carbocycles. The van der Waals surface area contributed by atoms with Gasteiger partial charge < -0.3 is 23.7 Å². The molecule has 2 aromatic heterocycles. The van der Waals surface area contributed by atoms with E-state index in [1.165, 1.54) is 28.4 Å². The Morgan fingerprint density at radius 2 is 0.727 bits per heavy atom. The number of ether oxygens (including phenoxy) is 5. The first-order valence-corrected chi connectivity index (χ1v) is 9.68. The number of benzene rings is 2. The zero-order valence-electron chi connectivity index (χ0n) is 18.3. The summed E-state index contributed by atoms with van der Waals surface area (Å²) in [6.07, 6.45) is 0. The van der Waals surface area contributed by atoms with Gasteiger partial charge in [0, 0.05) is 11.1 Å². The van der Waals surface area contributed by atoms with Gasteiger partial charge in [0.15, 0.2) is 11.6 Å². The Morgan fingerprint density at radius 1 is 0.424 bits per heavy atom. The molecule has 0 amide bonds. The number of aromatic nitrogens is 6. The van der Waals surface area contributed by atoms with Crippen LogP contribution in [0, 0.1) is 0 Å². The van der Waals surface area contributed by atoms with Crippen LogP contribution in [0.4, 0.5) is 0 Å². The van der Waals surface area contributed by atoms with E-state index >= 15 is 0 Å². The fraction of sp³-hybridized carbons (Fsp3) is 0.182. The fourth-order valence-electron chi connectivity index (χ4n) is 2.78. The van der Waals surface area contributed by atoms with Gasteiger partial charge in [-0.3, -0.25) is 0 Å². The van der Waals surface area contributed by atoms with Crippen molar-refractivity contribution in [3.05, 3.63) is 48.5 Å². The monoisotopic (exact) mass is 448 g/mol. The molecular weight excluding hydrogens is 428 g/mol. The number of methoxy groups -OCH3 is 4. The van der Waals surface area contributed by atoms with Gasteiger partial charge in [0.2, 0.25) is 0 Å². The number of hydrogen-bond acceptors (Lipinski definition) is 11. The zero-order chi connectivity index (χ0) is 23.2. The van der Waals surface area contributed by atoms with Gasteiger partial charge in [-0.05, 0) is 48.5 Å². The van der Waals surface area contributed by atoms with Gasteiger partial charge in [0.25, 0.3) is 0 Å². The third-order valence-corrected chi connectivity index (χ3v) is 4.38. The van der Waals surface area contributed by atoms with Crippen molar-refractivity contribution in [2.45, 2.75) is 0 Å². The van der Waals surface area contributed by atoms with Gasteiger partial charge in [-0.15, -0.1) is 9.97 Å². The van der Waals surface area contributed by atoms with Crippen LogP contribution in [0.15, 0.2) is 48.5 Å². The van der Waals surface area contributed by atoms with E-state index in [4.69, 9.17) is 23.7 Å². The lowest BCUT2D eigenvalue weighted by Crippen LogP contribution is -2.01. The molecule has 11 nitrogen and oxygen atoms in total. The largest absolute Gasteiger partial charge is 0.467 e. The van der Waals surface area contributed by atoms with Gasteiger partial charge in [-0.1, -0.05) is 0 Å². The van der Waals surface area contributed by atoms with Gasteiger partial charge in [-0.25, -0.2) is 0 Å². The number of nitrogens with zero attached hydrogens (tertiary/aromatic N) is 6. The molecule has 0 aliphatic carbocycles. The second-order valence-corrected chi connectivity index (χ2v) is 6.42. The zero-order valence-corrected chi connectivity index (χ0v) is 18.3. The number of rotatable bonds is 8. The highest BCUT2D eigenvalue weighted by atomic mass is 16.5. The van der Waals surface area contributed by atoms with E-state index in [2.05, 4.69) is 29.9 Å². The molecule has 168 valence electrons. The normalized spacial score (nSPS) is 10.4. The van der Waals surface area contributed by atoms with E-state index in [9.17, 15) is 0 Å². The smallest absolute Gasteiger partial charge is 0.322 e. The molecule has 0 aliphatic heterocycles. The summed E-state index contributed by atoms with van der Waals surface area (Å²) in [7, 11) is 5.92. The van der Waals surface area contributed by atoms with Crippen molar-refractivity contribution in [1.29, 1.82) is 0 Å². The van der Waals surface area contributed by atoms with E-state index < -0.39 is 0 Å². The van der Waals surface area contributed by atoms with Crippen LogP contribution in [-0.2, 0) is 0 Å². The summed E-state index contributed by atoms with van der Waals surface area (Å²) >= 11 is 0. The lowest BCUT2D eigenvalue weighted by Gasteiger charge is -2.09. The predicted molar refractivity (Wildman–Crippen MR) is 117 cm³/mol. The molecule has 0 radical (unpaired) electrons. The van der Waals surface area contributed by atoms with Gasteiger partial charge in [0.1, 0.15) is 11.5 Å². The van der Waals surface area contributed by atoms with Gasteiger partial charge in [0.05, 0.1) is 28.4 Å². The second-order valence-electron chi connectivity index (χ2n) is 6.42. The van der Waals surface area contributed by atoms with Crippen molar-refractivity contribution in [2.75, 3.05) is 28.4 Å². The molecule has 0 fully saturated rings. The molecule has 0 saturated carbocycles. The van der Waals surface area contributed by atoms with E-state index in [0.717, 1.165) is 11.1 Å². The maximum absolute atomic E-state index is 5.93. The summed E-state index contributed by atoms with van der Waals surface area (Å²) in [6.45, 7) is 0. The summed E-state index contributed by atoms with van der Waals surface area (Å²) < 4.78 is 26.3. The molecule has 0 saturated heterocycles. The van der Waals surface area contributed by atoms with Crippen LogP contribution >= 0.6 is 0 Å². The summed E-state index contributed by atoms with van der Waals surface area (Å²) in [5, 5.41) is 0. The second kappa shape index (κ2) is 9.73. The molecule has 0 unspecified atom stereocenters. The summed E-state index contributed by atoms with van der Waals surface area (Å²) in [6, 6.07) is 15.3. The Bertz CT molecular complexity index is 1090. The lowest BCUT2D eigenvalue weighted by molar-refractivity contribution is 0.340. The first kappa shape index (κ1) is 21.7. The lowest BCUT2D eigenvalue weighted by atomic mass is 10.2. The van der Waals surface area contributed by atoms with E-state index in [0.29, 0.717) is 23.1 Å². The Morgan fingerprint density at radius 3 is 1.00 bits per heavy atom. The molecule has 0 spiro atoms. The maximum Gasteiger partial charge on any atom is 0.322 e. The Kier molecular flexibility index (Phi) is 6.39. The highest BCUT2D eigenvalue weighted by molar-refractivity contribution is 5.58. The Hall–Kier alpha value is -4.54. The summed E-state index contributed by atoms with van der Waals surface area (Å²) in [5.74, 6) is 2.14. The van der Waals surface area contributed by atoms with E-state index in [1.54, 1.807) is 0 Å². The Balaban J connectivity index is 1.50. The van der Waals surface area contributed by atoms with Crippen LogP contribution in [0.5, 0.6) is 35.5 Å². The summed E-state index contributed by atoms with van der Waals surface area (Å²) in [4.78, 5) is 25.0. The molecule has 11 heteroatoms. The van der Waals surface area contributed by atoms with E-state index in [-0.39, 0.29) is 24.0 Å². The molecular formula is C22H20N6O5. The molecule has 4 aromatic rings. The van der Waals surface area contributed by atoms with Crippen molar-refractivity contribution in [1.82, 2.24) is 29.9 Å². The minimum absolute atomic E-state index is 0.172. The highest BCUT2D eigenvalue weighted by Gasteiger charge is 2.11. The van der Waals surface area contributed by atoms with Crippen LogP contribution in [0.3, 0.4) is 0 Å². The van der Waals surface area contributed by atoms with Crippen LogP contribution < -0.4 is 23.7 Å². The van der Waals surface area contributed by atoms with Crippen molar-refractivity contribution in [3.63, 3.8) is 0 Å². The molecule has 4 rings (SSSR count). The molecule has 0 bridgehead atoms. The van der Waals surface area contributed by atoms with Crippen LogP contribution in [0.1, 0.15) is 0 Å². The predicted octanol–water partition coefficient (Wildman–Crippen LogP) is 3.22. The molecule has 0 aliphatic rings. The Labute approximate surface area is 189 Å². The number of hydrogen-bond donors (Lipinski definition) is 0. The quantitative estimate of drug-likeness (QED) is 0.394. The first-order chi connectivity index (χ1) is 16.1. The first-order valence-electron chi connectivity index (χ1n) is 9.68. The molecule has 0 atom stereocenters. The van der Waals surface area contributed by atoms with Crippen LogP contribution in [0.2, 0.25) is 0 Å². The minimum Gasteiger partial charge on any atom is -0.467 e. The highest BCUT2D eigenvalue weighted by Crippen LogP contribution is 2.28. The van der Waals surface area contributed by atoms with Gasteiger partial charge >= 0.3 is 24.0 Å². The van der Waals surface area contributed by atoms with Crippen LogP contribution in [-0.4, -0.2) is 58.3 Å². The molecule has 0 N–H and O–H groups in total. The minimum atomic E-state index is 0.172. The topological polar surface area (TPSA) is 123 Å². The van der Waals surface area contributed by atoms with E-state index in [1.807, 2.05) is 48.5 Å². The average Bonchev–Trinajstić information content (AvgIpc) is 2.88. The fourth-order valence-corrected chi connectivity index (χ4v) is 2.78. The molecule has 2 heterocycles. The van der Waals surface area contributed by atoms with Crippen molar-refractivity contribution in [3.8, 4) is 58.3 Å². The van der Waals surface area contributed by atoms with Gasteiger partial charge in [-0.2, -0.15) is 19.9 Å². The SMILES string of the molecule is COc1nc(OC)nc(-c2ccc(Oc3ccc(-c4nc(OC)nc(OC)n4)cc3)cc2)n1. The van der Waals surface area contributed by atoms with Crippen molar-refractivity contribution in [2.24, 2.45) is 0 Å². The maximum atomic E-state index is 5.93. The average molecular weight is 448 g/mol. The third kappa shape index (κ3) is 5.03. The third-order valence-electron chi connectivity index (χ3n) is 4.38. The van der Waals surface area contributed by atoms with Crippen molar-refractivity contribution < 1.29 is 23.7 Å². The molecule has 33 heavy (non-hydrogen) atoms. The van der Waals surface area contributed by atoms with Crippen molar-refractivity contribution >= 4 is 0 Å². The standard InChI is InChI=1S/C22H20N6O5/c1-29-19-23-17(24-20(27-19)30-2)13-5-9-15(10-6-13)33-16-11-7-14(8-12-16)18-25-21(31-3)28-22(26-18)32-4/h5-12H,1-4H3. The van der Waals surface area contributed by atoms with Crippen LogP contribution in [0.25, 0.3) is 22.8 Å².